The Morgan fingerprint density at radius 3 is 2.55 bits per heavy atom. The lowest BCUT2D eigenvalue weighted by Crippen LogP contribution is -2.46. The highest BCUT2D eigenvalue weighted by molar-refractivity contribution is 7.87. The molecule has 1 unspecified atom stereocenters. The van der Waals surface area contributed by atoms with Crippen LogP contribution in [0.5, 0.6) is 0 Å². The van der Waals surface area contributed by atoms with Gasteiger partial charge in [-0.05, 0) is 51.0 Å². The first-order valence-corrected chi connectivity index (χ1v) is 9.12. The van der Waals surface area contributed by atoms with E-state index < -0.39 is 10.2 Å². The molecule has 2 aliphatic heterocycles. The van der Waals surface area contributed by atoms with E-state index in [-0.39, 0.29) is 6.10 Å². The van der Waals surface area contributed by atoms with Crippen molar-refractivity contribution >= 4 is 10.2 Å². The zero-order chi connectivity index (χ0) is 14.4. The van der Waals surface area contributed by atoms with Crippen LogP contribution in [0, 0.1) is 5.92 Å². The summed E-state index contributed by atoms with van der Waals surface area (Å²) in [5, 5.41) is 0. The zero-order valence-electron chi connectivity index (χ0n) is 12.1. The van der Waals surface area contributed by atoms with Crippen LogP contribution in [0.1, 0.15) is 38.5 Å². The van der Waals surface area contributed by atoms with Crippen LogP contribution in [0.3, 0.4) is 0 Å². The molecular formula is C13H27N3O3S. The summed E-state index contributed by atoms with van der Waals surface area (Å²) in [7, 11) is -3.33. The van der Waals surface area contributed by atoms with Gasteiger partial charge in [0.15, 0.2) is 0 Å². The first-order valence-electron chi connectivity index (χ1n) is 7.68. The summed E-state index contributed by atoms with van der Waals surface area (Å²) in [5.41, 5.74) is 5.62. The molecular weight excluding hydrogens is 278 g/mol. The van der Waals surface area contributed by atoms with E-state index in [1.807, 2.05) is 0 Å². The number of nitrogens with one attached hydrogen (secondary N) is 1. The van der Waals surface area contributed by atoms with E-state index in [2.05, 4.69) is 4.72 Å². The zero-order valence-corrected chi connectivity index (χ0v) is 12.9. The Labute approximate surface area is 122 Å². The van der Waals surface area contributed by atoms with Gasteiger partial charge in [0.2, 0.25) is 0 Å². The normalized spacial score (nSPS) is 26.8. The molecule has 0 aromatic carbocycles. The third kappa shape index (κ3) is 4.66. The number of hydrogen-bond donors (Lipinski definition) is 2. The molecule has 0 aromatic heterocycles. The highest BCUT2D eigenvalue weighted by atomic mass is 32.2. The lowest BCUT2D eigenvalue weighted by atomic mass is 9.99. The van der Waals surface area contributed by atoms with E-state index in [9.17, 15) is 8.42 Å². The Morgan fingerprint density at radius 2 is 1.95 bits per heavy atom. The molecule has 1 atom stereocenters. The molecule has 7 heteroatoms. The molecule has 0 saturated carbocycles. The van der Waals surface area contributed by atoms with E-state index in [0.717, 1.165) is 38.7 Å². The first kappa shape index (κ1) is 16.2. The van der Waals surface area contributed by atoms with Crippen molar-refractivity contribution in [2.75, 3.05) is 32.8 Å². The maximum absolute atomic E-state index is 12.2. The number of rotatable bonds is 6. The molecule has 2 aliphatic rings. The topological polar surface area (TPSA) is 84.7 Å². The van der Waals surface area contributed by atoms with E-state index in [1.165, 1.54) is 6.42 Å². The van der Waals surface area contributed by atoms with Crippen molar-refractivity contribution < 1.29 is 13.2 Å². The Kier molecular flexibility index (Phi) is 6.22. The molecule has 118 valence electrons. The molecule has 2 rings (SSSR count). The Morgan fingerprint density at radius 1 is 1.20 bits per heavy atom. The van der Waals surface area contributed by atoms with Crippen molar-refractivity contribution in [2.24, 2.45) is 11.7 Å². The second-order valence-electron chi connectivity index (χ2n) is 5.75. The molecule has 3 N–H and O–H groups in total. The number of hydrogen-bond acceptors (Lipinski definition) is 4. The van der Waals surface area contributed by atoms with Crippen LogP contribution in [0.4, 0.5) is 0 Å². The third-order valence-electron chi connectivity index (χ3n) is 4.27. The summed E-state index contributed by atoms with van der Waals surface area (Å²) in [6.45, 7) is 3.09. The van der Waals surface area contributed by atoms with Crippen molar-refractivity contribution in [3.63, 3.8) is 0 Å². The highest BCUT2D eigenvalue weighted by Gasteiger charge is 2.27. The highest BCUT2D eigenvalue weighted by Crippen LogP contribution is 2.18. The molecule has 2 fully saturated rings. The number of ether oxygens (including phenoxy) is 1. The van der Waals surface area contributed by atoms with Crippen LogP contribution in [0.15, 0.2) is 0 Å². The average molecular weight is 305 g/mol. The SMILES string of the molecule is NCC1CCN(S(=O)(=O)NCCC2CCCCO2)CC1. The minimum absolute atomic E-state index is 0.217. The summed E-state index contributed by atoms with van der Waals surface area (Å²) >= 11 is 0. The molecule has 0 aromatic rings. The predicted molar refractivity (Wildman–Crippen MR) is 78.5 cm³/mol. The average Bonchev–Trinajstić information content (AvgIpc) is 2.48. The van der Waals surface area contributed by atoms with Crippen LogP contribution in [-0.4, -0.2) is 51.6 Å². The molecule has 2 heterocycles. The third-order valence-corrected chi connectivity index (χ3v) is 5.89. The lowest BCUT2D eigenvalue weighted by Gasteiger charge is -2.30. The molecule has 0 bridgehead atoms. The van der Waals surface area contributed by atoms with Gasteiger partial charge in [0.1, 0.15) is 0 Å². The van der Waals surface area contributed by atoms with Gasteiger partial charge in [0, 0.05) is 26.2 Å². The fourth-order valence-corrected chi connectivity index (χ4v) is 4.11. The van der Waals surface area contributed by atoms with Gasteiger partial charge in [-0.15, -0.1) is 0 Å². The maximum atomic E-state index is 12.2. The Hall–Kier alpha value is -0.210. The minimum atomic E-state index is -3.33. The fourth-order valence-electron chi connectivity index (χ4n) is 2.86. The van der Waals surface area contributed by atoms with E-state index >= 15 is 0 Å². The van der Waals surface area contributed by atoms with Gasteiger partial charge in [0.05, 0.1) is 6.10 Å². The summed E-state index contributed by atoms with van der Waals surface area (Å²) < 4.78 is 34.2. The van der Waals surface area contributed by atoms with Gasteiger partial charge in [-0.3, -0.25) is 0 Å². The van der Waals surface area contributed by atoms with Crippen molar-refractivity contribution in [1.82, 2.24) is 9.03 Å². The molecule has 0 spiro atoms. The second kappa shape index (κ2) is 7.70. The van der Waals surface area contributed by atoms with Gasteiger partial charge in [0.25, 0.3) is 10.2 Å². The van der Waals surface area contributed by atoms with Gasteiger partial charge >= 0.3 is 0 Å². The molecule has 0 amide bonds. The first-order chi connectivity index (χ1) is 9.62. The van der Waals surface area contributed by atoms with E-state index in [0.29, 0.717) is 32.1 Å². The van der Waals surface area contributed by atoms with Crippen molar-refractivity contribution in [3.8, 4) is 0 Å². The lowest BCUT2D eigenvalue weighted by molar-refractivity contribution is 0.0123. The summed E-state index contributed by atoms with van der Waals surface area (Å²) in [4.78, 5) is 0. The number of nitrogens with zero attached hydrogens (tertiary/aromatic N) is 1. The molecule has 0 radical (unpaired) electrons. The van der Waals surface area contributed by atoms with Crippen LogP contribution in [0.2, 0.25) is 0 Å². The van der Waals surface area contributed by atoms with Crippen LogP contribution in [0.25, 0.3) is 0 Å². The standard InChI is InChI=1S/C13H27N3O3S/c14-11-12-5-8-16(9-6-12)20(17,18)15-7-4-13-3-1-2-10-19-13/h12-13,15H,1-11,14H2. The van der Waals surface area contributed by atoms with Crippen molar-refractivity contribution in [2.45, 2.75) is 44.6 Å². The van der Waals surface area contributed by atoms with Gasteiger partial charge in [-0.25, -0.2) is 4.72 Å². The van der Waals surface area contributed by atoms with Crippen LogP contribution in [-0.2, 0) is 14.9 Å². The maximum Gasteiger partial charge on any atom is 0.279 e. The van der Waals surface area contributed by atoms with Gasteiger partial charge in [-0.2, -0.15) is 12.7 Å². The van der Waals surface area contributed by atoms with Crippen LogP contribution < -0.4 is 10.5 Å². The van der Waals surface area contributed by atoms with E-state index in [1.54, 1.807) is 4.31 Å². The quantitative estimate of drug-likeness (QED) is 0.746. The smallest absolute Gasteiger partial charge is 0.279 e. The van der Waals surface area contributed by atoms with Gasteiger partial charge in [-0.1, -0.05) is 0 Å². The molecule has 0 aliphatic carbocycles. The van der Waals surface area contributed by atoms with E-state index in [4.69, 9.17) is 10.5 Å². The largest absolute Gasteiger partial charge is 0.378 e. The summed E-state index contributed by atoms with van der Waals surface area (Å²) in [6.07, 6.45) is 6.06. The van der Waals surface area contributed by atoms with Crippen LogP contribution >= 0.6 is 0 Å². The number of piperidine rings is 1. The summed E-state index contributed by atoms with van der Waals surface area (Å²) in [6, 6.07) is 0. The van der Waals surface area contributed by atoms with Crippen molar-refractivity contribution in [1.29, 1.82) is 0 Å². The Bertz CT molecular complexity index is 374. The Balaban J connectivity index is 1.70. The number of nitrogens with two attached hydrogens (primary N) is 1. The summed E-state index contributed by atoms with van der Waals surface area (Å²) in [5.74, 6) is 0.470. The molecule has 2 saturated heterocycles. The van der Waals surface area contributed by atoms with Gasteiger partial charge < -0.3 is 10.5 Å². The second-order valence-corrected chi connectivity index (χ2v) is 7.51. The molecule has 20 heavy (non-hydrogen) atoms. The fraction of sp³-hybridized carbons (Fsp3) is 1.00. The predicted octanol–water partition coefficient (Wildman–Crippen LogP) is 0.451. The molecule has 6 nitrogen and oxygen atoms in total. The monoisotopic (exact) mass is 305 g/mol. The van der Waals surface area contributed by atoms with Crippen molar-refractivity contribution in [3.05, 3.63) is 0 Å². The minimum Gasteiger partial charge on any atom is -0.378 e.